The highest BCUT2D eigenvalue weighted by molar-refractivity contribution is 5.95. The number of hydrogen-bond donors (Lipinski definition) is 2. The lowest BCUT2D eigenvalue weighted by atomic mass is 10.1. The van der Waals surface area contributed by atoms with Gasteiger partial charge in [0.05, 0.1) is 6.61 Å². The lowest BCUT2D eigenvalue weighted by Gasteiger charge is -2.11. The lowest BCUT2D eigenvalue weighted by molar-refractivity contribution is -0.118. The average molecular weight is 285 g/mol. The monoisotopic (exact) mass is 285 g/mol. The summed E-state index contributed by atoms with van der Waals surface area (Å²) in [5, 5.41) is 11.8. The van der Waals surface area contributed by atoms with E-state index < -0.39 is 0 Å². The number of benzene rings is 1. The number of anilines is 1. The molecule has 1 amide bonds. The number of hydrogen-bond acceptors (Lipinski definition) is 2. The van der Waals surface area contributed by atoms with Gasteiger partial charge in [-0.2, -0.15) is 0 Å². The summed E-state index contributed by atoms with van der Waals surface area (Å²) < 4.78 is 0. The highest BCUT2D eigenvalue weighted by Crippen LogP contribution is 2.52. The van der Waals surface area contributed by atoms with Gasteiger partial charge in [-0.25, -0.2) is 0 Å². The smallest absolute Gasteiger partial charge is 0.228 e. The van der Waals surface area contributed by atoms with Crippen LogP contribution in [0.4, 0.5) is 5.69 Å². The number of aliphatic hydroxyl groups is 1. The Labute approximate surface area is 126 Å². The molecule has 0 bridgehead atoms. The standard InChI is InChI=1S/C18H23NO2/c1-4-14-11-13(7-5-6-10-20)8-9-16(14)19-17(21)15-12-18(15,2)3/h8-9,11,15,20H,4,6,10,12H2,1-3H3,(H,19,21). The predicted molar refractivity (Wildman–Crippen MR) is 84.9 cm³/mol. The first-order valence-electron chi connectivity index (χ1n) is 7.51. The van der Waals surface area contributed by atoms with Crippen LogP contribution in [0, 0.1) is 23.2 Å². The summed E-state index contributed by atoms with van der Waals surface area (Å²) in [5.74, 6) is 6.19. The summed E-state index contributed by atoms with van der Waals surface area (Å²) in [7, 11) is 0. The number of rotatable bonds is 4. The summed E-state index contributed by atoms with van der Waals surface area (Å²) in [6.45, 7) is 6.39. The number of aliphatic hydroxyl groups excluding tert-OH is 1. The third kappa shape index (κ3) is 3.86. The summed E-state index contributed by atoms with van der Waals surface area (Å²) in [4.78, 5) is 12.2. The van der Waals surface area contributed by atoms with Gasteiger partial charge >= 0.3 is 0 Å². The molecule has 1 aliphatic rings. The first-order chi connectivity index (χ1) is 9.97. The van der Waals surface area contributed by atoms with E-state index in [1.54, 1.807) is 0 Å². The Bertz CT molecular complexity index is 593. The molecule has 3 nitrogen and oxygen atoms in total. The van der Waals surface area contributed by atoms with Gasteiger partial charge in [0.1, 0.15) is 0 Å². The third-order valence-corrected chi connectivity index (χ3v) is 4.04. The van der Waals surface area contributed by atoms with Crippen molar-refractivity contribution in [3.63, 3.8) is 0 Å². The number of nitrogens with one attached hydrogen (secondary N) is 1. The minimum absolute atomic E-state index is 0.0823. The Morgan fingerprint density at radius 3 is 2.76 bits per heavy atom. The predicted octanol–water partition coefficient (Wildman–Crippen LogP) is 2.97. The van der Waals surface area contributed by atoms with Crippen LogP contribution in [0.25, 0.3) is 0 Å². The molecule has 3 heteroatoms. The molecule has 1 aromatic carbocycles. The van der Waals surface area contributed by atoms with Crippen molar-refractivity contribution in [2.24, 2.45) is 11.3 Å². The molecule has 21 heavy (non-hydrogen) atoms. The summed E-state index contributed by atoms with van der Waals surface area (Å²) in [6, 6.07) is 5.85. The summed E-state index contributed by atoms with van der Waals surface area (Å²) >= 11 is 0. The van der Waals surface area contributed by atoms with Crippen molar-refractivity contribution in [1.82, 2.24) is 0 Å². The van der Waals surface area contributed by atoms with Gasteiger partial charge in [0.25, 0.3) is 0 Å². The highest BCUT2D eigenvalue weighted by atomic mass is 16.2. The fourth-order valence-corrected chi connectivity index (χ4v) is 2.44. The van der Waals surface area contributed by atoms with Crippen LogP contribution in [0.15, 0.2) is 18.2 Å². The molecular formula is C18H23NO2. The van der Waals surface area contributed by atoms with Crippen molar-refractivity contribution < 1.29 is 9.90 Å². The zero-order valence-corrected chi connectivity index (χ0v) is 13.0. The molecule has 0 aliphatic heterocycles. The van der Waals surface area contributed by atoms with Gasteiger partial charge in [0, 0.05) is 23.6 Å². The van der Waals surface area contributed by atoms with Crippen LogP contribution >= 0.6 is 0 Å². The van der Waals surface area contributed by atoms with Gasteiger partial charge in [-0.3, -0.25) is 4.79 Å². The topological polar surface area (TPSA) is 49.3 Å². The van der Waals surface area contributed by atoms with Gasteiger partial charge in [-0.15, -0.1) is 0 Å². The van der Waals surface area contributed by atoms with Crippen molar-refractivity contribution in [1.29, 1.82) is 0 Å². The third-order valence-electron chi connectivity index (χ3n) is 4.04. The van der Waals surface area contributed by atoms with Crippen LogP contribution in [0.1, 0.15) is 44.7 Å². The van der Waals surface area contributed by atoms with Gasteiger partial charge in [-0.05, 0) is 42.0 Å². The SMILES string of the molecule is CCc1cc(C#CCCO)ccc1NC(=O)C1CC1(C)C. The quantitative estimate of drug-likeness (QED) is 0.836. The summed E-state index contributed by atoms with van der Waals surface area (Å²) in [6.07, 6.45) is 2.29. The summed E-state index contributed by atoms with van der Waals surface area (Å²) in [5.41, 5.74) is 3.05. The van der Waals surface area contributed by atoms with Crippen molar-refractivity contribution in [2.75, 3.05) is 11.9 Å². The Kier molecular flexibility index (Phi) is 4.69. The Morgan fingerprint density at radius 1 is 1.48 bits per heavy atom. The van der Waals surface area contributed by atoms with E-state index in [-0.39, 0.29) is 23.8 Å². The van der Waals surface area contributed by atoms with E-state index in [0.29, 0.717) is 6.42 Å². The second-order valence-corrected chi connectivity index (χ2v) is 6.24. The van der Waals surface area contributed by atoms with Crippen LogP contribution in [-0.2, 0) is 11.2 Å². The van der Waals surface area contributed by atoms with Crippen molar-refractivity contribution in [3.05, 3.63) is 29.3 Å². The molecule has 112 valence electrons. The first kappa shape index (κ1) is 15.6. The molecule has 0 aromatic heterocycles. The Hall–Kier alpha value is -1.79. The normalized spacial score (nSPS) is 18.6. The number of carbonyl (C=O) groups excluding carboxylic acids is 1. The molecule has 0 spiro atoms. The van der Waals surface area contributed by atoms with Crippen molar-refractivity contribution in [2.45, 2.75) is 40.0 Å². The van der Waals surface area contributed by atoms with Gasteiger partial charge in [0.2, 0.25) is 5.91 Å². The van der Waals surface area contributed by atoms with Crippen LogP contribution in [0.3, 0.4) is 0 Å². The molecule has 2 N–H and O–H groups in total. The molecule has 1 fully saturated rings. The van der Waals surface area contributed by atoms with E-state index in [4.69, 9.17) is 5.11 Å². The van der Waals surface area contributed by atoms with Crippen LogP contribution in [0.5, 0.6) is 0 Å². The average Bonchev–Trinajstić information content (AvgIpc) is 3.09. The second-order valence-electron chi connectivity index (χ2n) is 6.24. The van der Waals surface area contributed by atoms with Crippen LogP contribution < -0.4 is 5.32 Å². The van der Waals surface area contributed by atoms with E-state index in [9.17, 15) is 4.79 Å². The highest BCUT2D eigenvalue weighted by Gasteiger charge is 2.50. The van der Waals surface area contributed by atoms with E-state index in [1.165, 1.54) is 0 Å². The maximum atomic E-state index is 12.2. The van der Waals surface area contributed by atoms with Crippen molar-refractivity contribution >= 4 is 11.6 Å². The van der Waals surface area contributed by atoms with Crippen LogP contribution in [-0.4, -0.2) is 17.6 Å². The van der Waals surface area contributed by atoms with Gasteiger partial charge in [0.15, 0.2) is 0 Å². The molecule has 2 rings (SSSR count). The van der Waals surface area contributed by atoms with E-state index in [0.717, 1.165) is 29.7 Å². The molecule has 1 atom stereocenters. The number of aryl methyl sites for hydroxylation is 1. The molecule has 0 saturated heterocycles. The molecule has 0 heterocycles. The van der Waals surface area contributed by atoms with E-state index >= 15 is 0 Å². The van der Waals surface area contributed by atoms with Crippen molar-refractivity contribution in [3.8, 4) is 11.8 Å². The molecule has 0 radical (unpaired) electrons. The van der Waals surface area contributed by atoms with Crippen LogP contribution in [0.2, 0.25) is 0 Å². The Balaban J connectivity index is 2.10. The second kappa shape index (κ2) is 6.32. The number of carbonyl (C=O) groups is 1. The maximum absolute atomic E-state index is 12.2. The zero-order valence-electron chi connectivity index (χ0n) is 13.0. The largest absolute Gasteiger partial charge is 0.395 e. The van der Waals surface area contributed by atoms with E-state index in [2.05, 4.69) is 37.9 Å². The maximum Gasteiger partial charge on any atom is 0.228 e. The molecular weight excluding hydrogens is 262 g/mol. The fraction of sp³-hybridized carbons (Fsp3) is 0.500. The fourth-order valence-electron chi connectivity index (χ4n) is 2.44. The van der Waals surface area contributed by atoms with Gasteiger partial charge in [-0.1, -0.05) is 32.6 Å². The van der Waals surface area contributed by atoms with E-state index in [1.807, 2.05) is 18.2 Å². The first-order valence-corrected chi connectivity index (χ1v) is 7.51. The molecule has 1 aromatic rings. The lowest BCUT2D eigenvalue weighted by Crippen LogP contribution is -2.17. The molecule has 1 saturated carbocycles. The number of amides is 1. The molecule has 1 aliphatic carbocycles. The minimum atomic E-state index is 0.0823. The molecule has 1 unspecified atom stereocenters. The Morgan fingerprint density at radius 2 is 2.19 bits per heavy atom. The zero-order chi connectivity index (χ0) is 15.5. The minimum Gasteiger partial charge on any atom is -0.395 e. The van der Waals surface area contributed by atoms with Gasteiger partial charge < -0.3 is 10.4 Å².